The number of amides is 2. The van der Waals surface area contributed by atoms with Crippen LogP contribution in [0.3, 0.4) is 0 Å². The Kier molecular flexibility index (Phi) is 10.9. The highest BCUT2D eigenvalue weighted by molar-refractivity contribution is 7.91. The summed E-state index contributed by atoms with van der Waals surface area (Å²) in [5.41, 5.74) is -2.63. The van der Waals surface area contributed by atoms with Gasteiger partial charge in [-0.15, -0.1) is 6.58 Å². The Labute approximate surface area is 324 Å². The van der Waals surface area contributed by atoms with Crippen molar-refractivity contribution >= 4 is 43.6 Å². The van der Waals surface area contributed by atoms with Crippen LogP contribution in [0.1, 0.15) is 120 Å². The number of nitrogens with zero attached hydrogens (tertiary/aromatic N) is 3. The number of hydrogen-bond donors (Lipinski definition) is 1. The Morgan fingerprint density at radius 2 is 1.50 bits per heavy atom. The van der Waals surface area contributed by atoms with Crippen LogP contribution in [0.5, 0.6) is 0 Å². The summed E-state index contributed by atoms with van der Waals surface area (Å²) < 4.78 is 56.0. The molecule has 6 atom stereocenters. The van der Waals surface area contributed by atoms with Gasteiger partial charge in [0.15, 0.2) is 5.78 Å². The van der Waals surface area contributed by atoms with Crippen molar-refractivity contribution in [3.8, 4) is 0 Å². The quantitative estimate of drug-likeness (QED) is 0.215. The van der Waals surface area contributed by atoms with Gasteiger partial charge in [0.1, 0.15) is 5.78 Å². The van der Waals surface area contributed by atoms with Crippen LogP contribution >= 0.6 is 0 Å². The zero-order valence-electron chi connectivity index (χ0n) is 34.6. The van der Waals surface area contributed by atoms with Crippen molar-refractivity contribution in [1.82, 2.24) is 18.2 Å². The first-order chi connectivity index (χ1) is 24.5. The fourth-order valence-corrected chi connectivity index (χ4v) is 12.6. The number of Topliss-reactive ketones (excluding diaryl/α,β-unsaturated/α-hetero) is 2. The minimum atomic E-state index is -3.83. The van der Waals surface area contributed by atoms with Gasteiger partial charge in [-0.1, -0.05) is 67.9 Å². The lowest BCUT2D eigenvalue weighted by Crippen LogP contribution is -2.49. The molecule has 5 fully saturated rings. The number of ketones is 2. The van der Waals surface area contributed by atoms with Gasteiger partial charge < -0.3 is 4.90 Å². The summed E-state index contributed by atoms with van der Waals surface area (Å²) in [7, 11) is -3.09. The van der Waals surface area contributed by atoms with Gasteiger partial charge in [0, 0.05) is 64.8 Å². The van der Waals surface area contributed by atoms with Crippen LogP contribution in [0, 0.1) is 50.2 Å². The van der Waals surface area contributed by atoms with Crippen LogP contribution in [0.25, 0.3) is 0 Å². The van der Waals surface area contributed by atoms with E-state index < -0.39 is 59.6 Å². The molecule has 1 N–H and O–H groups in total. The summed E-state index contributed by atoms with van der Waals surface area (Å²) >= 11 is 0. The SMILES string of the molecule is C=C[C@@H]1C[C@]1(CC(=O)[C@@H]1C[C@@]2(CN1C(=O)[C@@H](CC(=O)C[C@H](CN(C)S(=O)(=O)N(C)C)C(C)(C)C)C(C)(C)C)C(C)(C)C21CCC1)C(=O)NS(=O)(=O)C1CC1. The zero-order valence-corrected chi connectivity index (χ0v) is 36.2. The normalized spacial score (nSPS) is 29.9. The van der Waals surface area contributed by atoms with E-state index in [0.29, 0.717) is 32.2 Å². The maximum absolute atomic E-state index is 15.0. The molecule has 1 saturated heterocycles. The van der Waals surface area contributed by atoms with Gasteiger partial charge in [0.25, 0.3) is 10.2 Å². The molecule has 0 aromatic rings. The number of carbonyl (C=O) groups excluding carboxylic acids is 4. The summed E-state index contributed by atoms with van der Waals surface area (Å²) in [4.78, 5) is 59.1. The van der Waals surface area contributed by atoms with Crippen molar-refractivity contribution < 1.29 is 36.0 Å². The highest BCUT2D eigenvalue weighted by Crippen LogP contribution is 2.88. The summed E-state index contributed by atoms with van der Waals surface area (Å²) in [5.74, 6) is -2.74. The lowest BCUT2D eigenvalue weighted by atomic mass is 9.73. The fourth-order valence-electron chi connectivity index (χ4n) is 10.3. The molecule has 1 aliphatic heterocycles. The monoisotopic (exact) mass is 794 g/mol. The molecule has 1 heterocycles. The average Bonchev–Trinajstić information content (AvgIpc) is 3.95. The second-order valence-electron chi connectivity index (χ2n) is 20.3. The molecule has 0 bridgehead atoms. The van der Waals surface area contributed by atoms with Gasteiger partial charge in [-0.2, -0.15) is 17.0 Å². The molecule has 4 saturated carbocycles. The second kappa shape index (κ2) is 13.7. The van der Waals surface area contributed by atoms with E-state index in [0.717, 1.165) is 23.6 Å². The third-order valence-corrected chi connectivity index (χ3v) is 18.5. The van der Waals surface area contributed by atoms with E-state index in [-0.39, 0.29) is 71.4 Å². The predicted molar refractivity (Wildman–Crippen MR) is 208 cm³/mol. The van der Waals surface area contributed by atoms with E-state index >= 15 is 4.79 Å². The summed E-state index contributed by atoms with van der Waals surface area (Å²) in [6, 6.07) is -0.806. The number of rotatable bonds is 16. The molecular formula is C40H66N4O8S2. The van der Waals surface area contributed by atoms with Crippen molar-refractivity contribution in [2.24, 2.45) is 50.2 Å². The molecule has 12 nitrogen and oxygen atoms in total. The zero-order chi connectivity index (χ0) is 40.8. The van der Waals surface area contributed by atoms with Crippen molar-refractivity contribution in [3.63, 3.8) is 0 Å². The molecule has 4 aliphatic carbocycles. The van der Waals surface area contributed by atoms with E-state index in [1.54, 1.807) is 11.0 Å². The number of likely N-dealkylation sites (tertiary alicyclic amines) is 1. The lowest BCUT2D eigenvalue weighted by Gasteiger charge is -2.37. The van der Waals surface area contributed by atoms with E-state index in [4.69, 9.17) is 0 Å². The Bertz CT molecular complexity index is 1780. The summed E-state index contributed by atoms with van der Waals surface area (Å²) in [5, 5.41) is -0.587. The Hall–Kier alpha value is -2.16. The number of hydrogen-bond acceptors (Lipinski definition) is 8. The van der Waals surface area contributed by atoms with Crippen LogP contribution < -0.4 is 4.72 Å². The maximum atomic E-state index is 15.0. The average molecular weight is 795 g/mol. The molecule has 0 unspecified atom stereocenters. The molecular weight excluding hydrogens is 729 g/mol. The summed E-state index contributed by atoms with van der Waals surface area (Å²) in [6.07, 6.45) is 6.40. The smallest absolute Gasteiger partial charge is 0.281 e. The second-order valence-corrected chi connectivity index (χ2v) is 24.6. The van der Waals surface area contributed by atoms with E-state index in [9.17, 15) is 31.2 Å². The van der Waals surface area contributed by atoms with Crippen molar-refractivity contribution in [3.05, 3.63) is 12.7 Å². The van der Waals surface area contributed by atoms with Gasteiger partial charge in [-0.05, 0) is 72.0 Å². The van der Waals surface area contributed by atoms with Crippen molar-refractivity contribution in [1.29, 1.82) is 0 Å². The molecule has 306 valence electrons. The number of nitrogens with one attached hydrogen (secondary N) is 1. The highest BCUT2D eigenvalue weighted by Gasteiger charge is 2.85. The molecule has 0 aromatic heterocycles. The first-order valence-electron chi connectivity index (χ1n) is 19.7. The van der Waals surface area contributed by atoms with E-state index in [1.807, 2.05) is 41.5 Å². The van der Waals surface area contributed by atoms with Crippen molar-refractivity contribution in [2.75, 3.05) is 34.2 Å². The third-order valence-electron chi connectivity index (χ3n) is 14.8. The van der Waals surface area contributed by atoms with Crippen LogP contribution in [0.2, 0.25) is 0 Å². The predicted octanol–water partition coefficient (Wildman–Crippen LogP) is 4.96. The number of sulfonamides is 1. The Morgan fingerprint density at radius 3 is 1.93 bits per heavy atom. The largest absolute Gasteiger partial charge is 0.332 e. The minimum absolute atomic E-state index is 0.0239. The van der Waals surface area contributed by atoms with Crippen molar-refractivity contribution in [2.45, 2.75) is 131 Å². The fraction of sp³-hybridized carbons (Fsp3) is 0.850. The molecule has 14 heteroatoms. The van der Waals surface area contributed by atoms with Gasteiger partial charge >= 0.3 is 0 Å². The Morgan fingerprint density at radius 1 is 0.907 bits per heavy atom. The Balaban J connectivity index is 1.41. The van der Waals surface area contributed by atoms with Gasteiger partial charge in [-0.3, -0.25) is 23.9 Å². The topological polar surface area (TPSA) is 158 Å². The van der Waals surface area contributed by atoms with Crippen LogP contribution in [-0.2, 0) is 39.4 Å². The maximum Gasteiger partial charge on any atom is 0.281 e. The standard InChI is InChI=1S/C40H66N4O8S2/c1-13-26-21-38(26,34(48)41-53(49,50)29-15-16-29)23-32(46)31-22-40(37(8,9)39(40)17-14-18-39)25-44(31)33(47)30(36(5,6)7)20-28(45)19-27(35(2,3)4)24-43(12)54(51,52)42(10)11/h13,26-27,29-31H,1,14-25H2,2-12H3,(H,41,48)/t26-,27-,30-,31+,38-,40-/m1/s1. The van der Waals surface area contributed by atoms with Crippen LogP contribution in [-0.4, -0.2) is 99.3 Å². The summed E-state index contributed by atoms with van der Waals surface area (Å²) in [6.45, 7) is 20.6. The number of allylic oxidation sites excluding steroid dienone is 1. The first kappa shape index (κ1) is 43.0. The minimum Gasteiger partial charge on any atom is -0.332 e. The molecule has 5 aliphatic rings. The highest BCUT2D eigenvalue weighted by atomic mass is 32.2. The van der Waals surface area contributed by atoms with Crippen LogP contribution in [0.4, 0.5) is 0 Å². The molecule has 2 spiro atoms. The van der Waals surface area contributed by atoms with E-state index in [2.05, 4.69) is 25.1 Å². The number of carbonyl (C=O) groups is 4. The molecule has 2 amide bonds. The molecule has 54 heavy (non-hydrogen) atoms. The van der Waals surface area contributed by atoms with E-state index in [1.165, 1.54) is 25.4 Å². The van der Waals surface area contributed by atoms with Gasteiger partial charge in [0.05, 0.1) is 16.7 Å². The molecule has 0 radical (unpaired) electrons. The lowest BCUT2D eigenvalue weighted by molar-refractivity contribution is -0.146. The molecule has 5 rings (SSSR count). The van der Waals surface area contributed by atoms with Gasteiger partial charge in [-0.25, -0.2) is 8.42 Å². The third kappa shape index (κ3) is 7.16. The number of fused-ring (bicyclic) bond motifs is 1. The molecule has 0 aromatic carbocycles. The first-order valence-corrected chi connectivity index (χ1v) is 22.7. The van der Waals surface area contributed by atoms with Crippen LogP contribution in [0.15, 0.2) is 12.7 Å². The van der Waals surface area contributed by atoms with Gasteiger partial charge in [0.2, 0.25) is 21.8 Å².